The molecule has 0 bridgehead atoms. The zero-order chi connectivity index (χ0) is 25.7. The number of pyridine rings is 1. The monoisotopic (exact) mass is 493 g/mol. The first-order valence-electron chi connectivity index (χ1n) is 11.8. The van der Waals surface area contributed by atoms with Crippen molar-refractivity contribution in [3.8, 4) is 28.6 Å². The van der Waals surface area contributed by atoms with E-state index in [-0.39, 0.29) is 11.8 Å². The molecule has 1 amide bonds. The molecule has 0 N–H and O–H groups in total. The van der Waals surface area contributed by atoms with E-state index in [1.165, 1.54) is 0 Å². The van der Waals surface area contributed by atoms with Crippen molar-refractivity contribution < 1.29 is 23.5 Å². The van der Waals surface area contributed by atoms with Crippen LogP contribution >= 0.6 is 0 Å². The smallest absolute Gasteiger partial charge is 0.246 e. The Bertz CT molecular complexity index is 1190. The second kappa shape index (κ2) is 11.1. The number of aromatic nitrogens is 3. The molecule has 0 unspecified atom stereocenters. The molecule has 0 aliphatic carbocycles. The van der Waals surface area contributed by atoms with Gasteiger partial charge in [-0.1, -0.05) is 19.0 Å². The third kappa shape index (κ3) is 5.42. The van der Waals surface area contributed by atoms with Crippen molar-refractivity contribution in [1.29, 1.82) is 0 Å². The van der Waals surface area contributed by atoms with Gasteiger partial charge in [-0.15, -0.1) is 0 Å². The number of amides is 1. The van der Waals surface area contributed by atoms with Crippen LogP contribution in [0.25, 0.3) is 17.5 Å². The normalized spacial score (nSPS) is 13.9. The molecule has 10 heteroatoms. The molecule has 0 atom stereocenters. The van der Waals surface area contributed by atoms with E-state index in [4.69, 9.17) is 18.7 Å². The molecule has 0 radical (unpaired) electrons. The van der Waals surface area contributed by atoms with E-state index in [1.54, 1.807) is 51.8 Å². The van der Waals surface area contributed by atoms with Crippen LogP contribution in [-0.4, -0.2) is 73.4 Å². The number of carbonyl (C=O) groups excluding carboxylic acids is 1. The van der Waals surface area contributed by atoms with Crippen molar-refractivity contribution in [3.05, 3.63) is 48.0 Å². The number of piperazine rings is 1. The Kier molecular flexibility index (Phi) is 7.72. The van der Waals surface area contributed by atoms with Crippen LogP contribution in [0.3, 0.4) is 0 Å². The fourth-order valence-corrected chi connectivity index (χ4v) is 3.92. The molecular weight excluding hydrogens is 462 g/mol. The molecule has 36 heavy (non-hydrogen) atoms. The Labute approximate surface area is 210 Å². The minimum Gasteiger partial charge on any atom is -0.493 e. The van der Waals surface area contributed by atoms with Crippen molar-refractivity contribution in [2.24, 2.45) is 0 Å². The summed E-state index contributed by atoms with van der Waals surface area (Å²) in [6, 6.07) is 7.49. The van der Waals surface area contributed by atoms with Gasteiger partial charge in [0.05, 0.1) is 21.3 Å². The molecule has 2 aromatic heterocycles. The predicted molar refractivity (Wildman–Crippen MR) is 136 cm³/mol. The van der Waals surface area contributed by atoms with Crippen molar-refractivity contribution in [3.63, 3.8) is 0 Å². The number of methoxy groups -OCH3 is 3. The molecule has 1 aliphatic rings. The molecule has 3 heterocycles. The van der Waals surface area contributed by atoms with Gasteiger partial charge in [0, 0.05) is 49.9 Å². The van der Waals surface area contributed by atoms with Gasteiger partial charge in [0.15, 0.2) is 11.5 Å². The third-order valence-corrected chi connectivity index (χ3v) is 5.96. The maximum absolute atomic E-state index is 12.8. The van der Waals surface area contributed by atoms with E-state index in [1.807, 2.05) is 30.9 Å². The number of rotatable bonds is 8. The minimum absolute atomic E-state index is 0.0511. The molecule has 1 aromatic carbocycles. The summed E-state index contributed by atoms with van der Waals surface area (Å²) in [7, 11) is 4.68. The van der Waals surface area contributed by atoms with Gasteiger partial charge in [0.1, 0.15) is 5.82 Å². The summed E-state index contributed by atoms with van der Waals surface area (Å²) in [5.74, 6) is 3.71. The number of anilines is 1. The number of carbonyl (C=O) groups is 1. The third-order valence-electron chi connectivity index (χ3n) is 5.96. The largest absolute Gasteiger partial charge is 0.493 e. The van der Waals surface area contributed by atoms with Crippen molar-refractivity contribution in [2.45, 2.75) is 19.8 Å². The van der Waals surface area contributed by atoms with Crippen molar-refractivity contribution in [2.75, 3.05) is 52.4 Å². The molecule has 10 nitrogen and oxygen atoms in total. The van der Waals surface area contributed by atoms with Gasteiger partial charge in [-0.25, -0.2) is 4.98 Å². The molecule has 3 aromatic rings. The van der Waals surface area contributed by atoms with Crippen LogP contribution in [0, 0.1) is 0 Å². The van der Waals surface area contributed by atoms with E-state index in [0.717, 1.165) is 16.9 Å². The van der Waals surface area contributed by atoms with Crippen LogP contribution in [0.4, 0.5) is 5.82 Å². The van der Waals surface area contributed by atoms with Gasteiger partial charge in [-0.2, -0.15) is 4.98 Å². The molecular formula is C26H31N5O5. The standard InChI is InChI=1S/C26H31N5O5/c1-17(2)26-28-25(29-36-26)19-7-8-22(27-16-19)30-10-12-31(13-11-30)23(32)9-6-18-14-20(33-3)24(35-5)21(15-18)34-4/h6-9,14-17H,10-13H2,1-5H3/b9-6-. The summed E-state index contributed by atoms with van der Waals surface area (Å²) in [5.41, 5.74) is 1.59. The second-order valence-electron chi connectivity index (χ2n) is 8.62. The van der Waals surface area contributed by atoms with E-state index in [2.05, 4.69) is 20.0 Å². The maximum atomic E-state index is 12.8. The van der Waals surface area contributed by atoms with Crippen molar-refractivity contribution >= 4 is 17.8 Å². The summed E-state index contributed by atoms with van der Waals surface area (Å²) in [4.78, 5) is 25.8. The van der Waals surface area contributed by atoms with Crippen LogP contribution in [0.5, 0.6) is 17.2 Å². The summed E-state index contributed by atoms with van der Waals surface area (Å²) in [6.07, 6.45) is 5.07. The van der Waals surface area contributed by atoms with Crippen LogP contribution in [0.15, 0.2) is 41.1 Å². The molecule has 0 saturated carbocycles. The van der Waals surface area contributed by atoms with Crippen LogP contribution in [0.2, 0.25) is 0 Å². The van der Waals surface area contributed by atoms with E-state index >= 15 is 0 Å². The van der Waals surface area contributed by atoms with Gasteiger partial charge in [-0.3, -0.25) is 4.79 Å². The number of ether oxygens (including phenoxy) is 3. The number of nitrogens with zero attached hydrogens (tertiary/aromatic N) is 5. The highest BCUT2D eigenvalue weighted by molar-refractivity contribution is 5.92. The highest BCUT2D eigenvalue weighted by atomic mass is 16.5. The Morgan fingerprint density at radius 1 is 1.03 bits per heavy atom. The Balaban J connectivity index is 1.35. The number of hydrogen-bond donors (Lipinski definition) is 0. The van der Waals surface area contributed by atoms with Gasteiger partial charge in [-0.05, 0) is 35.9 Å². The highest BCUT2D eigenvalue weighted by Gasteiger charge is 2.21. The van der Waals surface area contributed by atoms with Crippen LogP contribution < -0.4 is 19.1 Å². The van der Waals surface area contributed by atoms with E-state index in [9.17, 15) is 4.79 Å². The van der Waals surface area contributed by atoms with E-state index < -0.39 is 0 Å². The lowest BCUT2D eigenvalue weighted by Gasteiger charge is -2.35. The lowest BCUT2D eigenvalue weighted by molar-refractivity contribution is -0.126. The molecule has 1 fully saturated rings. The summed E-state index contributed by atoms with van der Waals surface area (Å²) < 4.78 is 21.4. The van der Waals surface area contributed by atoms with Gasteiger partial charge in [0.2, 0.25) is 23.4 Å². The lowest BCUT2D eigenvalue weighted by atomic mass is 10.1. The quantitative estimate of drug-likeness (QED) is 0.435. The summed E-state index contributed by atoms with van der Waals surface area (Å²) in [6.45, 7) is 6.60. The fraction of sp³-hybridized carbons (Fsp3) is 0.385. The summed E-state index contributed by atoms with van der Waals surface area (Å²) in [5, 5.41) is 4.04. The molecule has 0 spiro atoms. The zero-order valence-corrected chi connectivity index (χ0v) is 21.2. The first-order chi connectivity index (χ1) is 17.4. The van der Waals surface area contributed by atoms with Crippen LogP contribution in [-0.2, 0) is 4.79 Å². The first-order valence-corrected chi connectivity index (χ1v) is 11.8. The summed E-state index contributed by atoms with van der Waals surface area (Å²) >= 11 is 0. The van der Waals surface area contributed by atoms with Gasteiger partial charge in [0.25, 0.3) is 0 Å². The molecule has 190 valence electrons. The van der Waals surface area contributed by atoms with Crippen LogP contribution in [0.1, 0.15) is 31.2 Å². The number of hydrogen-bond acceptors (Lipinski definition) is 9. The average molecular weight is 494 g/mol. The predicted octanol–water partition coefficient (Wildman–Crippen LogP) is 3.64. The minimum atomic E-state index is -0.0511. The Morgan fingerprint density at radius 3 is 2.25 bits per heavy atom. The Morgan fingerprint density at radius 2 is 1.72 bits per heavy atom. The Hall–Kier alpha value is -4.08. The van der Waals surface area contributed by atoms with Gasteiger partial charge >= 0.3 is 0 Å². The highest BCUT2D eigenvalue weighted by Crippen LogP contribution is 2.38. The molecule has 1 aliphatic heterocycles. The van der Waals surface area contributed by atoms with E-state index in [0.29, 0.717) is 55.1 Å². The SMILES string of the molecule is COc1cc(/C=C\C(=O)N2CCN(c3ccc(-c4noc(C(C)C)n4)cn3)CC2)cc(OC)c1OC. The second-order valence-corrected chi connectivity index (χ2v) is 8.62. The first kappa shape index (κ1) is 25.0. The maximum Gasteiger partial charge on any atom is 0.246 e. The van der Waals surface area contributed by atoms with Gasteiger partial charge < -0.3 is 28.5 Å². The molecule has 4 rings (SSSR count). The zero-order valence-electron chi connectivity index (χ0n) is 21.2. The lowest BCUT2D eigenvalue weighted by Crippen LogP contribution is -2.48. The number of benzene rings is 1. The topological polar surface area (TPSA) is 103 Å². The fourth-order valence-electron chi connectivity index (χ4n) is 3.92. The average Bonchev–Trinajstić information content (AvgIpc) is 3.42. The van der Waals surface area contributed by atoms with Crippen molar-refractivity contribution in [1.82, 2.24) is 20.0 Å². The molecule has 1 saturated heterocycles.